The van der Waals surface area contributed by atoms with E-state index in [1.54, 1.807) is 22.0 Å². The number of benzene rings is 1. The normalized spacial score (nSPS) is 19.4. The van der Waals surface area contributed by atoms with E-state index in [9.17, 15) is 14.7 Å². The molecular weight excluding hydrogens is 306 g/mol. The molecule has 1 aliphatic heterocycles. The summed E-state index contributed by atoms with van der Waals surface area (Å²) in [5.74, 6) is -1.55. The first-order valence-corrected chi connectivity index (χ1v) is 7.95. The Morgan fingerprint density at radius 1 is 1.29 bits per heavy atom. The van der Waals surface area contributed by atoms with Gasteiger partial charge in [0.15, 0.2) is 0 Å². The molecule has 3 rings (SSSR count). The lowest BCUT2D eigenvalue weighted by Gasteiger charge is -2.21. The van der Waals surface area contributed by atoms with Gasteiger partial charge in [-0.1, -0.05) is 44.2 Å². The van der Waals surface area contributed by atoms with Gasteiger partial charge in [0.25, 0.3) is 5.91 Å². The monoisotopic (exact) mass is 327 g/mol. The van der Waals surface area contributed by atoms with Crippen molar-refractivity contribution in [2.24, 2.45) is 11.3 Å². The van der Waals surface area contributed by atoms with Crippen LogP contribution in [0.3, 0.4) is 0 Å². The van der Waals surface area contributed by atoms with Crippen molar-refractivity contribution in [2.45, 2.75) is 20.4 Å². The summed E-state index contributed by atoms with van der Waals surface area (Å²) >= 11 is 0. The van der Waals surface area contributed by atoms with Gasteiger partial charge in [0, 0.05) is 19.3 Å². The summed E-state index contributed by atoms with van der Waals surface area (Å²) in [7, 11) is 0. The van der Waals surface area contributed by atoms with E-state index < -0.39 is 17.3 Å². The quantitative estimate of drug-likeness (QED) is 0.933. The summed E-state index contributed by atoms with van der Waals surface area (Å²) in [6.07, 6.45) is 3.27. The number of carbonyl (C=O) groups excluding carboxylic acids is 1. The topological polar surface area (TPSA) is 75.4 Å². The van der Waals surface area contributed by atoms with Crippen molar-refractivity contribution in [1.82, 2.24) is 14.7 Å². The molecule has 126 valence electrons. The number of hydrogen-bond acceptors (Lipinski definition) is 3. The number of carboxylic acid groups (broad SMARTS) is 1. The van der Waals surface area contributed by atoms with Gasteiger partial charge in [0.1, 0.15) is 0 Å². The van der Waals surface area contributed by atoms with Gasteiger partial charge in [-0.15, -0.1) is 0 Å². The van der Waals surface area contributed by atoms with Crippen LogP contribution in [0.1, 0.15) is 29.8 Å². The first kappa shape index (κ1) is 16.2. The summed E-state index contributed by atoms with van der Waals surface area (Å²) in [5, 5.41) is 13.6. The SMILES string of the molecule is CC1(C)CN(C(=O)c2cnn(Cc3ccccc3)c2)C[C@H]1C(=O)O. The molecule has 1 atom stereocenters. The van der Waals surface area contributed by atoms with E-state index in [1.807, 2.05) is 44.2 Å². The molecule has 0 bridgehead atoms. The zero-order valence-corrected chi connectivity index (χ0v) is 13.8. The third-order valence-electron chi connectivity index (χ3n) is 4.60. The molecule has 0 aliphatic carbocycles. The molecule has 1 aliphatic rings. The third-order valence-corrected chi connectivity index (χ3v) is 4.60. The number of aliphatic carboxylic acids is 1. The summed E-state index contributed by atoms with van der Waals surface area (Å²) in [4.78, 5) is 25.6. The van der Waals surface area contributed by atoms with Crippen LogP contribution in [0.4, 0.5) is 0 Å². The molecule has 1 fully saturated rings. The zero-order valence-electron chi connectivity index (χ0n) is 13.8. The Balaban J connectivity index is 1.71. The number of amides is 1. The third kappa shape index (κ3) is 3.18. The van der Waals surface area contributed by atoms with E-state index in [-0.39, 0.29) is 12.5 Å². The second-order valence-corrected chi connectivity index (χ2v) is 6.98. The van der Waals surface area contributed by atoms with Crippen LogP contribution in [0.25, 0.3) is 0 Å². The van der Waals surface area contributed by atoms with Gasteiger partial charge in [-0.25, -0.2) is 0 Å². The molecule has 2 aromatic rings. The molecule has 0 radical (unpaired) electrons. The summed E-state index contributed by atoms with van der Waals surface area (Å²) in [5.41, 5.74) is 1.17. The van der Waals surface area contributed by atoms with Crippen molar-refractivity contribution in [3.8, 4) is 0 Å². The Kier molecular flexibility index (Phi) is 4.13. The molecule has 0 saturated carbocycles. The molecule has 1 aromatic heterocycles. The predicted octanol–water partition coefficient (Wildman–Crippen LogP) is 2.11. The van der Waals surface area contributed by atoms with E-state index in [0.717, 1.165) is 5.56 Å². The lowest BCUT2D eigenvalue weighted by molar-refractivity contribution is -0.143. The summed E-state index contributed by atoms with van der Waals surface area (Å²) < 4.78 is 1.72. The average molecular weight is 327 g/mol. The number of rotatable bonds is 4. The molecule has 0 unspecified atom stereocenters. The van der Waals surface area contributed by atoms with Gasteiger partial charge in [0.05, 0.1) is 24.2 Å². The fourth-order valence-electron chi connectivity index (χ4n) is 3.21. The fourth-order valence-corrected chi connectivity index (χ4v) is 3.21. The number of carboxylic acids is 1. The molecule has 1 saturated heterocycles. The molecule has 6 heteroatoms. The van der Waals surface area contributed by atoms with E-state index in [4.69, 9.17) is 0 Å². The first-order valence-electron chi connectivity index (χ1n) is 7.95. The van der Waals surface area contributed by atoms with E-state index in [1.165, 1.54) is 0 Å². The highest BCUT2D eigenvalue weighted by molar-refractivity contribution is 5.94. The number of aromatic nitrogens is 2. The lowest BCUT2D eigenvalue weighted by atomic mass is 9.82. The van der Waals surface area contributed by atoms with E-state index in [2.05, 4.69) is 5.10 Å². The van der Waals surface area contributed by atoms with Crippen molar-refractivity contribution >= 4 is 11.9 Å². The highest BCUT2D eigenvalue weighted by Gasteiger charge is 2.45. The Hall–Kier alpha value is -2.63. The molecule has 1 amide bonds. The van der Waals surface area contributed by atoms with Crippen LogP contribution in [-0.2, 0) is 11.3 Å². The van der Waals surface area contributed by atoms with Crippen LogP contribution in [0.2, 0.25) is 0 Å². The van der Waals surface area contributed by atoms with Crippen LogP contribution in [0, 0.1) is 11.3 Å². The second-order valence-electron chi connectivity index (χ2n) is 6.98. The minimum Gasteiger partial charge on any atom is -0.481 e. The average Bonchev–Trinajstić information content (AvgIpc) is 3.11. The molecule has 1 aromatic carbocycles. The predicted molar refractivity (Wildman–Crippen MR) is 88.6 cm³/mol. The molecule has 2 heterocycles. The van der Waals surface area contributed by atoms with Gasteiger partial charge in [-0.2, -0.15) is 5.10 Å². The van der Waals surface area contributed by atoms with Crippen LogP contribution < -0.4 is 0 Å². The number of hydrogen-bond donors (Lipinski definition) is 1. The van der Waals surface area contributed by atoms with Gasteiger partial charge in [0.2, 0.25) is 0 Å². The smallest absolute Gasteiger partial charge is 0.308 e. The van der Waals surface area contributed by atoms with Gasteiger partial charge in [-0.3, -0.25) is 14.3 Å². The van der Waals surface area contributed by atoms with Crippen LogP contribution in [-0.4, -0.2) is 44.8 Å². The van der Waals surface area contributed by atoms with Crippen molar-refractivity contribution in [3.05, 3.63) is 53.9 Å². The Morgan fingerprint density at radius 3 is 2.62 bits per heavy atom. The van der Waals surface area contributed by atoms with Crippen LogP contribution >= 0.6 is 0 Å². The van der Waals surface area contributed by atoms with Crippen molar-refractivity contribution in [1.29, 1.82) is 0 Å². The lowest BCUT2D eigenvalue weighted by Crippen LogP contribution is -2.30. The number of nitrogens with zero attached hydrogens (tertiary/aromatic N) is 3. The highest BCUT2D eigenvalue weighted by atomic mass is 16.4. The van der Waals surface area contributed by atoms with E-state index >= 15 is 0 Å². The Labute approximate surface area is 140 Å². The fraction of sp³-hybridized carbons (Fsp3) is 0.389. The minimum atomic E-state index is -0.852. The highest BCUT2D eigenvalue weighted by Crippen LogP contribution is 2.35. The van der Waals surface area contributed by atoms with Gasteiger partial charge in [-0.05, 0) is 11.0 Å². The minimum absolute atomic E-state index is 0.161. The summed E-state index contributed by atoms with van der Waals surface area (Å²) in [6.45, 7) is 5.05. The second kappa shape index (κ2) is 6.11. The van der Waals surface area contributed by atoms with Crippen molar-refractivity contribution < 1.29 is 14.7 Å². The van der Waals surface area contributed by atoms with Crippen molar-refractivity contribution in [3.63, 3.8) is 0 Å². The van der Waals surface area contributed by atoms with Crippen molar-refractivity contribution in [2.75, 3.05) is 13.1 Å². The standard InChI is InChI=1S/C18H21N3O3/c1-18(2)12-20(11-15(18)17(23)24)16(22)14-8-19-21(10-14)9-13-6-4-3-5-7-13/h3-8,10,15H,9,11-12H2,1-2H3,(H,23,24)/t15-/m0/s1. The maximum absolute atomic E-state index is 12.6. The Bertz CT molecular complexity index is 752. The largest absolute Gasteiger partial charge is 0.481 e. The molecule has 1 N–H and O–H groups in total. The zero-order chi connectivity index (χ0) is 17.3. The Morgan fingerprint density at radius 2 is 2.00 bits per heavy atom. The molecule has 0 spiro atoms. The molecular formula is C18H21N3O3. The number of likely N-dealkylation sites (tertiary alicyclic amines) is 1. The van der Waals surface area contributed by atoms with Gasteiger partial charge >= 0.3 is 5.97 Å². The summed E-state index contributed by atoms with van der Waals surface area (Å²) in [6, 6.07) is 9.88. The number of carbonyl (C=O) groups is 2. The first-order chi connectivity index (χ1) is 11.4. The molecule has 6 nitrogen and oxygen atoms in total. The maximum Gasteiger partial charge on any atom is 0.308 e. The maximum atomic E-state index is 12.6. The van der Waals surface area contributed by atoms with E-state index in [0.29, 0.717) is 18.7 Å². The van der Waals surface area contributed by atoms with Crippen LogP contribution in [0.15, 0.2) is 42.7 Å². The molecule has 24 heavy (non-hydrogen) atoms. The van der Waals surface area contributed by atoms with Gasteiger partial charge < -0.3 is 10.0 Å². The van der Waals surface area contributed by atoms with Crippen LogP contribution in [0.5, 0.6) is 0 Å².